The molecule has 0 fully saturated rings. The number of phosphoric ester groups is 1. The first kappa shape index (κ1) is 57.2. The van der Waals surface area contributed by atoms with Gasteiger partial charge in [0.15, 0.2) is 0 Å². The molecule has 346 valence electrons. The third-order valence-electron chi connectivity index (χ3n) is 11.5. The number of nitrogens with zero attached hydrogens (tertiary/aromatic N) is 1. The molecule has 0 spiro atoms. The van der Waals surface area contributed by atoms with Gasteiger partial charge in [0, 0.05) is 6.42 Å². The molecule has 1 amide bonds. The first-order valence-electron chi connectivity index (χ1n) is 25.1. The highest BCUT2D eigenvalue weighted by Crippen LogP contribution is 2.43. The summed E-state index contributed by atoms with van der Waals surface area (Å²) in [5.74, 6) is -0.147. The Morgan fingerprint density at radius 1 is 0.569 bits per heavy atom. The van der Waals surface area contributed by atoms with Gasteiger partial charge in [-0.3, -0.25) is 13.8 Å². The second-order valence-corrected chi connectivity index (χ2v) is 20.0. The fourth-order valence-electron chi connectivity index (χ4n) is 7.51. The smallest absolute Gasteiger partial charge is 0.391 e. The van der Waals surface area contributed by atoms with Gasteiger partial charge < -0.3 is 19.8 Å². The lowest BCUT2D eigenvalue weighted by Gasteiger charge is -2.26. The summed E-state index contributed by atoms with van der Waals surface area (Å²) < 4.78 is 23.7. The Balaban J connectivity index is 4.24. The summed E-state index contributed by atoms with van der Waals surface area (Å²) in [5.41, 5.74) is 0. The molecule has 0 aromatic rings. The maximum atomic E-state index is 12.9. The molecule has 0 radical (unpaired) electrons. The number of aliphatic hydroxyl groups is 1. The van der Waals surface area contributed by atoms with Gasteiger partial charge in [-0.25, -0.2) is 4.57 Å². The van der Waals surface area contributed by atoms with Crippen LogP contribution in [0.3, 0.4) is 0 Å². The Morgan fingerprint density at radius 3 is 1.34 bits per heavy atom. The summed E-state index contributed by atoms with van der Waals surface area (Å²) in [7, 11) is 1.62. The van der Waals surface area contributed by atoms with Crippen LogP contribution in [0, 0.1) is 0 Å². The lowest BCUT2D eigenvalue weighted by atomic mass is 10.0. The van der Waals surface area contributed by atoms with E-state index >= 15 is 0 Å². The summed E-state index contributed by atoms with van der Waals surface area (Å²) in [6.45, 7) is 4.90. The largest absolute Gasteiger partial charge is 0.472 e. The van der Waals surface area contributed by atoms with E-state index in [0.29, 0.717) is 23.9 Å². The number of phosphoric acid groups is 1. The number of carbonyl (C=O) groups is 1. The molecule has 9 heteroatoms. The monoisotopic (exact) mass is 844 g/mol. The second-order valence-electron chi connectivity index (χ2n) is 18.5. The molecule has 0 bridgehead atoms. The van der Waals surface area contributed by atoms with Crippen LogP contribution in [-0.2, 0) is 18.4 Å². The Kier molecular flexibility index (Phi) is 41.0. The molecular weight excluding hydrogens is 744 g/mol. The van der Waals surface area contributed by atoms with Gasteiger partial charge in [0.2, 0.25) is 5.91 Å². The summed E-state index contributed by atoms with van der Waals surface area (Å²) in [4.78, 5) is 23.2. The number of aliphatic hydroxyl groups excluding tert-OH is 1. The van der Waals surface area contributed by atoms with E-state index in [2.05, 4.69) is 31.3 Å². The zero-order valence-electron chi connectivity index (χ0n) is 39.3. The van der Waals surface area contributed by atoms with Crippen LogP contribution in [0.5, 0.6) is 0 Å². The highest BCUT2D eigenvalue weighted by molar-refractivity contribution is 7.47. The van der Waals surface area contributed by atoms with Crippen LogP contribution in [0.25, 0.3) is 0 Å². The number of nitrogens with one attached hydrogen (secondary N) is 1. The van der Waals surface area contributed by atoms with E-state index in [0.717, 1.165) is 38.5 Å². The van der Waals surface area contributed by atoms with Gasteiger partial charge >= 0.3 is 7.82 Å². The van der Waals surface area contributed by atoms with Crippen molar-refractivity contribution in [2.45, 2.75) is 257 Å². The molecule has 58 heavy (non-hydrogen) atoms. The summed E-state index contributed by atoms with van der Waals surface area (Å²) >= 11 is 0. The van der Waals surface area contributed by atoms with Gasteiger partial charge in [0.25, 0.3) is 0 Å². The molecule has 3 atom stereocenters. The number of rotatable bonds is 46. The molecule has 0 aliphatic rings. The van der Waals surface area contributed by atoms with Crippen molar-refractivity contribution in [1.82, 2.24) is 5.32 Å². The van der Waals surface area contributed by atoms with E-state index in [1.807, 2.05) is 21.1 Å². The minimum Gasteiger partial charge on any atom is -0.391 e. The molecule has 8 nitrogen and oxygen atoms in total. The summed E-state index contributed by atoms with van der Waals surface area (Å²) in [6.07, 6.45) is 48.1. The molecule has 0 saturated carbocycles. The molecule has 0 aromatic carbocycles. The topological polar surface area (TPSA) is 105 Å². The third-order valence-corrected chi connectivity index (χ3v) is 12.5. The van der Waals surface area contributed by atoms with E-state index in [1.165, 1.54) is 180 Å². The normalized spacial score (nSPS) is 14.3. The lowest BCUT2D eigenvalue weighted by molar-refractivity contribution is -0.870. The van der Waals surface area contributed by atoms with Crippen molar-refractivity contribution in [3.63, 3.8) is 0 Å². The number of carbonyl (C=O) groups excluding carboxylic acids is 1. The molecule has 0 heterocycles. The molecule has 0 aliphatic heterocycles. The van der Waals surface area contributed by atoms with Crippen molar-refractivity contribution >= 4 is 13.7 Å². The Morgan fingerprint density at radius 2 is 0.931 bits per heavy atom. The van der Waals surface area contributed by atoms with E-state index < -0.39 is 20.0 Å². The lowest BCUT2D eigenvalue weighted by Crippen LogP contribution is -2.46. The number of likely N-dealkylation sites (N-methyl/N-ethyl adjacent to an activating group) is 1. The van der Waals surface area contributed by atoms with E-state index in [4.69, 9.17) is 9.05 Å². The molecule has 3 unspecified atom stereocenters. The average molecular weight is 844 g/mol. The zero-order chi connectivity index (χ0) is 42.8. The van der Waals surface area contributed by atoms with Gasteiger partial charge in [-0.2, -0.15) is 0 Å². The van der Waals surface area contributed by atoms with Crippen molar-refractivity contribution in [2.24, 2.45) is 0 Å². The van der Waals surface area contributed by atoms with Crippen LogP contribution >= 0.6 is 7.82 Å². The third kappa shape index (κ3) is 43.3. The number of amides is 1. The first-order chi connectivity index (χ1) is 28.0. The van der Waals surface area contributed by atoms with Crippen molar-refractivity contribution in [3.05, 3.63) is 12.2 Å². The minimum atomic E-state index is -4.31. The Bertz CT molecular complexity index is 958. The molecule has 0 aliphatic carbocycles. The first-order valence-corrected chi connectivity index (χ1v) is 26.5. The van der Waals surface area contributed by atoms with E-state index in [1.54, 1.807) is 0 Å². The standard InChI is InChI=1S/C49H99N2O6P/c1-6-8-10-12-14-16-18-20-22-23-24-25-26-27-29-30-32-34-36-38-40-42-48(52)47(46-57-58(54,55)56-45-44-51(3,4)5)50-49(53)43-41-39-37-35-33-31-28-21-19-17-15-13-11-9-7-2/h17,19,47-48,52H,6-16,18,20-46H2,1-5H3,(H-,50,53,54,55)/p+1/b19-17-. The van der Waals surface area contributed by atoms with Crippen LogP contribution in [0.15, 0.2) is 12.2 Å². The van der Waals surface area contributed by atoms with Crippen LogP contribution in [0.2, 0.25) is 0 Å². The molecule has 0 saturated heterocycles. The van der Waals surface area contributed by atoms with Crippen LogP contribution in [0.1, 0.15) is 245 Å². The molecule has 0 rings (SSSR count). The van der Waals surface area contributed by atoms with Gasteiger partial charge in [0.05, 0.1) is 39.9 Å². The second kappa shape index (κ2) is 41.6. The van der Waals surface area contributed by atoms with Crippen LogP contribution < -0.4 is 5.32 Å². The highest BCUT2D eigenvalue weighted by Gasteiger charge is 2.28. The Hall–Kier alpha value is -0.760. The van der Waals surface area contributed by atoms with Crippen molar-refractivity contribution in [3.8, 4) is 0 Å². The van der Waals surface area contributed by atoms with Crippen LogP contribution in [-0.4, -0.2) is 73.4 Å². The number of hydrogen-bond donors (Lipinski definition) is 3. The van der Waals surface area contributed by atoms with Crippen molar-refractivity contribution < 1.29 is 32.9 Å². The average Bonchev–Trinajstić information content (AvgIpc) is 3.17. The predicted octanol–water partition coefficient (Wildman–Crippen LogP) is 14.3. The van der Waals surface area contributed by atoms with Crippen molar-refractivity contribution in [1.29, 1.82) is 0 Å². The van der Waals surface area contributed by atoms with Gasteiger partial charge in [-0.1, -0.05) is 212 Å². The predicted molar refractivity (Wildman–Crippen MR) is 249 cm³/mol. The minimum absolute atomic E-state index is 0.0759. The fraction of sp³-hybridized carbons (Fsp3) is 0.939. The van der Waals surface area contributed by atoms with Crippen molar-refractivity contribution in [2.75, 3.05) is 40.9 Å². The van der Waals surface area contributed by atoms with Gasteiger partial charge in [-0.05, 0) is 38.5 Å². The Labute approximate surface area is 361 Å². The summed E-state index contributed by atoms with van der Waals surface area (Å²) in [6, 6.07) is -0.759. The zero-order valence-corrected chi connectivity index (χ0v) is 40.2. The number of unbranched alkanes of at least 4 members (excludes halogenated alkanes) is 31. The maximum Gasteiger partial charge on any atom is 0.472 e. The van der Waals surface area contributed by atoms with E-state index in [9.17, 15) is 19.4 Å². The number of allylic oxidation sites excluding steroid dienone is 2. The quantitative estimate of drug-likeness (QED) is 0.0244. The summed E-state index contributed by atoms with van der Waals surface area (Å²) in [5, 5.41) is 14.0. The maximum absolute atomic E-state index is 12.9. The van der Waals surface area contributed by atoms with Crippen LogP contribution in [0.4, 0.5) is 0 Å². The molecule has 3 N–H and O–H groups in total. The van der Waals surface area contributed by atoms with E-state index in [-0.39, 0.29) is 19.1 Å². The number of quaternary nitrogens is 1. The van der Waals surface area contributed by atoms with Gasteiger partial charge in [0.1, 0.15) is 13.2 Å². The highest BCUT2D eigenvalue weighted by atomic mass is 31.2. The SMILES string of the molecule is CCCCCC/C=C\CCCCCCCCCC(=O)NC(COP(=O)(O)OCC[N+](C)(C)C)C(O)CCCCCCCCCCCCCCCCCCCCCCC. The van der Waals surface area contributed by atoms with Gasteiger partial charge in [-0.15, -0.1) is 0 Å². The number of hydrogen-bond acceptors (Lipinski definition) is 5. The molecule has 0 aromatic heterocycles. The fourth-order valence-corrected chi connectivity index (χ4v) is 8.25. The molecular formula is C49H100N2O6P+.